The molecule has 0 radical (unpaired) electrons. The van der Waals surface area contributed by atoms with Crippen LogP contribution in [0.5, 0.6) is 0 Å². The van der Waals surface area contributed by atoms with Crippen molar-refractivity contribution in [2.45, 2.75) is 26.2 Å². The highest BCUT2D eigenvalue weighted by Crippen LogP contribution is 2.01. The van der Waals surface area contributed by atoms with Crippen molar-refractivity contribution in [2.24, 2.45) is 5.73 Å². The molecule has 0 amide bonds. The molecule has 0 saturated heterocycles. The second kappa shape index (κ2) is 5.35. The second-order valence-electron chi connectivity index (χ2n) is 1.96. The lowest BCUT2D eigenvalue weighted by Crippen LogP contribution is -1.90. The Balaban J connectivity index is 3.45. The standard InChI is InChI=1S/C7H13NO/c1-2-3-4-7(5-8)6-9/h5-6H,2-4,8H2,1H3/b7-5-. The largest absolute Gasteiger partial charge is 0.404 e. The lowest BCUT2D eigenvalue weighted by atomic mass is 10.1. The number of hydrogen-bond donors (Lipinski definition) is 1. The Morgan fingerprint density at radius 2 is 2.33 bits per heavy atom. The second-order valence-corrected chi connectivity index (χ2v) is 1.96. The van der Waals surface area contributed by atoms with Gasteiger partial charge in [0, 0.05) is 11.8 Å². The molecule has 52 valence electrons. The average Bonchev–Trinajstić information content (AvgIpc) is 1.91. The number of allylic oxidation sites excluding steroid dienone is 1. The Morgan fingerprint density at radius 3 is 2.67 bits per heavy atom. The van der Waals surface area contributed by atoms with Crippen LogP contribution in [0.3, 0.4) is 0 Å². The third kappa shape index (κ3) is 3.76. The van der Waals surface area contributed by atoms with Crippen molar-refractivity contribution in [3.63, 3.8) is 0 Å². The Hall–Kier alpha value is -0.790. The fraction of sp³-hybridized carbons (Fsp3) is 0.571. The van der Waals surface area contributed by atoms with Crippen LogP contribution in [-0.4, -0.2) is 6.29 Å². The Morgan fingerprint density at radius 1 is 1.67 bits per heavy atom. The van der Waals surface area contributed by atoms with Crippen LogP contribution in [-0.2, 0) is 4.79 Å². The molecule has 0 rings (SSSR count). The van der Waals surface area contributed by atoms with E-state index in [1.54, 1.807) is 0 Å². The maximum Gasteiger partial charge on any atom is 0.147 e. The minimum absolute atomic E-state index is 0.705. The molecule has 0 aromatic rings. The number of rotatable bonds is 4. The minimum Gasteiger partial charge on any atom is -0.404 e. The summed E-state index contributed by atoms with van der Waals surface area (Å²) < 4.78 is 0. The molecule has 0 aliphatic heterocycles. The molecule has 0 unspecified atom stereocenters. The van der Waals surface area contributed by atoms with Crippen molar-refractivity contribution in [1.29, 1.82) is 0 Å². The molecule has 2 nitrogen and oxygen atoms in total. The summed E-state index contributed by atoms with van der Waals surface area (Å²) in [4.78, 5) is 10.1. The van der Waals surface area contributed by atoms with Crippen LogP contribution in [0.4, 0.5) is 0 Å². The van der Waals surface area contributed by atoms with Crippen LogP contribution in [0, 0.1) is 0 Å². The van der Waals surface area contributed by atoms with Crippen LogP contribution in [0.15, 0.2) is 11.8 Å². The highest BCUT2D eigenvalue weighted by Gasteiger charge is 1.90. The molecule has 0 aromatic heterocycles. The first-order valence-corrected chi connectivity index (χ1v) is 3.21. The quantitative estimate of drug-likeness (QED) is 0.455. The molecule has 0 aliphatic carbocycles. The van der Waals surface area contributed by atoms with Crippen LogP contribution >= 0.6 is 0 Å². The monoisotopic (exact) mass is 127 g/mol. The van der Waals surface area contributed by atoms with Gasteiger partial charge in [-0.2, -0.15) is 0 Å². The summed E-state index contributed by atoms with van der Waals surface area (Å²) in [5.41, 5.74) is 5.84. The molecular weight excluding hydrogens is 114 g/mol. The van der Waals surface area contributed by atoms with E-state index in [1.165, 1.54) is 6.20 Å². The van der Waals surface area contributed by atoms with Crippen molar-refractivity contribution in [3.05, 3.63) is 11.8 Å². The molecule has 2 heteroatoms. The van der Waals surface area contributed by atoms with Crippen molar-refractivity contribution >= 4 is 6.29 Å². The molecule has 2 N–H and O–H groups in total. The van der Waals surface area contributed by atoms with Crippen LogP contribution in [0.1, 0.15) is 26.2 Å². The van der Waals surface area contributed by atoms with Gasteiger partial charge in [0.15, 0.2) is 0 Å². The molecule has 0 aromatic carbocycles. The van der Waals surface area contributed by atoms with Gasteiger partial charge in [0.2, 0.25) is 0 Å². The van der Waals surface area contributed by atoms with Gasteiger partial charge in [0.25, 0.3) is 0 Å². The van der Waals surface area contributed by atoms with Gasteiger partial charge in [-0.15, -0.1) is 0 Å². The van der Waals surface area contributed by atoms with E-state index in [1.807, 2.05) is 0 Å². The zero-order valence-corrected chi connectivity index (χ0v) is 5.76. The van der Waals surface area contributed by atoms with Gasteiger partial charge >= 0.3 is 0 Å². The molecule has 0 heterocycles. The van der Waals surface area contributed by atoms with Crippen LogP contribution < -0.4 is 5.73 Å². The van der Waals surface area contributed by atoms with Gasteiger partial charge < -0.3 is 5.73 Å². The molecule has 0 fully saturated rings. The van der Waals surface area contributed by atoms with Crippen molar-refractivity contribution < 1.29 is 4.79 Å². The van der Waals surface area contributed by atoms with Gasteiger partial charge in [0.05, 0.1) is 0 Å². The first kappa shape index (κ1) is 8.21. The average molecular weight is 127 g/mol. The number of aldehydes is 1. The first-order valence-electron chi connectivity index (χ1n) is 3.21. The van der Waals surface area contributed by atoms with Crippen molar-refractivity contribution in [3.8, 4) is 0 Å². The summed E-state index contributed by atoms with van der Waals surface area (Å²) in [5.74, 6) is 0. The Kier molecular flexibility index (Phi) is 4.88. The molecule has 0 saturated carbocycles. The van der Waals surface area contributed by atoms with Crippen LogP contribution in [0.25, 0.3) is 0 Å². The number of hydrogen-bond acceptors (Lipinski definition) is 2. The van der Waals surface area contributed by atoms with Crippen LogP contribution in [0.2, 0.25) is 0 Å². The summed E-state index contributed by atoms with van der Waals surface area (Å²) in [7, 11) is 0. The van der Waals surface area contributed by atoms with Gasteiger partial charge in [-0.25, -0.2) is 0 Å². The van der Waals surface area contributed by atoms with Gasteiger partial charge in [-0.3, -0.25) is 4.79 Å². The molecule has 0 atom stereocenters. The first-order chi connectivity index (χ1) is 4.35. The third-order valence-corrected chi connectivity index (χ3v) is 1.18. The third-order valence-electron chi connectivity index (χ3n) is 1.18. The SMILES string of the molecule is CCCC/C(C=O)=C/N. The predicted octanol–water partition coefficient (Wildman–Crippen LogP) is 1.22. The number of unbranched alkanes of at least 4 members (excludes halogenated alkanes) is 1. The lowest BCUT2D eigenvalue weighted by molar-refractivity contribution is -0.105. The van der Waals surface area contributed by atoms with E-state index in [0.717, 1.165) is 25.5 Å². The molecule has 0 aliphatic rings. The summed E-state index contributed by atoms with van der Waals surface area (Å²) in [6.07, 6.45) is 5.15. The van der Waals surface area contributed by atoms with E-state index in [0.29, 0.717) is 5.57 Å². The Labute approximate surface area is 55.7 Å². The number of nitrogens with two attached hydrogens (primary N) is 1. The van der Waals surface area contributed by atoms with E-state index >= 15 is 0 Å². The summed E-state index contributed by atoms with van der Waals surface area (Å²) >= 11 is 0. The maximum absolute atomic E-state index is 10.1. The van der Waals surface area contributed by atoms with Gasteiger partial charge in [-0.05, 0) is 12.8 Å². The van der Waals surface area contributed by atoms with Crippen molar-refractivity contribution in [2.75, 3.05) is 0 Å². The topological polar surface area (TPSA) is 43.1 Å². The summed E-state index contributed by atoms with van der Waals surface area (Å²) in [5, 5.41) is 0. The number of carbonyl (C=O) groups is 1. The summed E-state index contributed by atoms with van der Waals surface area (Å²) in [6, 6.07) is 0. The molecule has 0 bridgehead atoms. The highest BCUT2D eigenvalue weighted by molar-refractivity contribution is 5.72. The molecule has 9 heavy (non-hydrogen) atoms. The zero-order chi connectivity index (χ0) is 7.11. The Bertz CT molecular complexity index is 107. The smallest absolute Gasteiger partial charge is 0.147 e. The zero-order valence-electron chi connectivity index (χ0n) is 5.76. The van der Waals surface area contributed by atoms with Crippen molar-refractivity contribution in [1.82, 2.24) is 0 Å². The van der Waals surface area contributed by atoms with E-state index in [2.05, 4.69) is 6.92 Å². The van der Waals surface area contributed by atoms with Gasteiger partial charge in [-0.1, -0.05) is 13.3 Å². The van der Waals surface area contributed by atoms with E-state index in [-0.39, 0.29) is 0 Å². The van der Waals surface area contributed by atoms with E-state index in [9.17, 15) is 4.79 Å². The number of carbonyl (C=O) groups excluding carboxylic acids is 1. The normalized spacial score (nSPS) is 11.4. The fourth-order valence-corrected chi connectivity index (χ4v) is 0.562. The molecule has 0 spiro atoms. The van der Waals surface area contributed by atoms with E-state index in [4.69, 9.17) is 5.73 Å². The minimum atomic E-state index is 0.705. The predicted molar refractivity (Wildman–Crippen MR) is 37.9 cm³/mol. The summed E-state index contributed by atoms with van der Waals surface area (Å²) in [6.45, 7) is 2.08. The fourth-order valence-electron chi connectivity index (χ4n) is 0.562. The lowest BCUT2D eigenvalue weighted by Gasteiger charge is -1.93. The van der Waals surface area contributed by atoms with Gasteiger partial charge in [0.1, 0.15) is 6.29 Å². The molecular formula is C7H13NO. The van der Waals surface area contributed by atoms with E-state index < -0.39 is 0 Å². The highest BCUT2D eigenvalue weighted by atomic mass is 16.1. The maximum atomic E-state index is 10.1.